The number of likely N-dealkylation sites (N-methyl/N-ethyl adjacent to an activating group) is 1. The minimum absolute atomic E-state index is 0. The van der Waals surface area contributed by atoms with Crippen LogP contribution in [0.25, 0.3) is 0 Å². The van der Waals surface area contributed by atoms with Gasteiger partial charge < -0.3 is 20.9 Å². The van der Waals surface area contributed by atoms with Crippen LogP contribution in [0, 0.1) is 0 Å². The quantitative estimate of drug-likeness (QED) is 0.724. The van der Waals surface area contributed by atoms with Gasteiger partial charge in [0, 0.05) is 39.1 Å². The zero-order chi connectivity index (χ0) is 14.3. The van der Waals surface area contributed by atoms with Crippen molar-refractivity contribution in [3.8, 4) is 0 Å². The molecular weight excluding hydrogens is 315 g/mol. The predicted octanol–water partition coefficient (Wildman–Crippen LogP) is 0.238. The van der Waals surface area contributed by atoms with Crippen LogP contribution in [0.1, 0.15) is 26.2 Å². The summed E-state index contributed by atoms with van der Waals surface area (Å²) in [6.45, 7) is 5.75. The maximum absolute atomic E-state index is 11.9. The molecule has 1 aliphatic heterocycles. The second-order valence-electron chi connectivity index (χ2n) is 5.12. The summed E-state index contributed by atoms with van der Waals surface area (Å²) in [5, 5.41) is 2.72. The zero-order valence-electron chi connectivity index (χ0n) is 12.8. The first kappa shape index (κ1) is 22.7. The minimum atomic E-state index is -0.455. The highest BCUT2D eigenvalue weighted by atomic mass is 35.5. The molecule has 1 rings (SSSR count). The second kappa shape index (κ2) is 12.0. The molecule has 0 aromatic heterocycles. The van der Waals surface area contributed by atoms with E-state index in [0.717, 1.165) is 32.6 Å². The Bertz CT molecular complexity index is 311. The number of hydrogen-bond donors (Lipinski definition) is 2. The molecule has 3 N–H and O–H groups in total. The number of rotatable bonds is 6. The van der Waals surface area contributed by atoms with Crippen LogP contribution in [-0.2, 0) is 9.59 Å². The molecule has 1 heterocycles. The van der Waals surface area contributed by atoms with Crippen molar-refractivity contribution in [3.63, 3.8) is 0 Å². The second-order valence-corrected chi connectivity index (χ2v) is 5.12. The topological polar surface area (TPSA) is 78.7 Å². The van der Waals surface area contributed by atoms with Crippen molar-refractivity contribution in [3.05, 3.63) is 0 Å². The van der Waals surface area contributed by atoms with Crippen LogP contribution in [0.4, 0.5) is 0 Å². The highest BCUT2D eigenvalue weighted by Gasteiger charge is 2.19. The zero-order valence-corrected chi connectivity index (χ0v) is 14.5. The number of nitrogens with two attached hydrogens (primary N) is 1. The largest absolute Gasteiger partial charge is 0.354 e. The molecule has 2 amide bonds. The molecule has 0 spiro atoms. The van der Waals surface area contributed by atoms with Crippen LogP contribution in [0.5, 0.6) is 0 Å². The van der Waals surface area contributed by atoms with Crippen LogP contribution < -0.4 is 11.1 Å². The van der Waals surface area contributed by atoms with Crippen molar-refractivity contribution in [1.82, 2.24) is 15.1 Å². The number of nitrogens with one attached hydrogen (secondary N) is 1. The van der Waals surface area contributed by atoms with Crippen LogP contribution in [-0.4, -0.2) is 67.4 Å². The van der Waals surface area contributed by atoms with Crippen molar-refractivity contribution < 1.29 is 9.59 Å². The Hall–Kier alpha value is -0.560. The Morgan fingerprint density at radius 3 is 2.29 bits per heavy atom. The van der Waals surface area contributed by atoms with Gasteiger partial charge in [-0.2, -0.15) is 0 Å². The average molecular weight is 343 g/mol. The maximum atomic E-state index is 11.9. The van der Waals surface area contributed by atoms with Crippen LogP contribution in [0.2, 0.25) is 0 Å². The van der Waals surface area contributed by atoms with Gasteiger partial charge in [0.05, 0.1) is 6.04 Å². The first-order chi connectivity index (χ1) is 9.04. The van der Waals surface area contributed by atoms with E-state index in [0.29, 0.717) is 19.4 Å². The SMILES string of the molecule is CCCC(N)C(=O)NCCC(=O)N1CCN(C)CC1.Cl.Cl. The molecule has 1 atom stereocenters. The fraction of sp³-hybridized carbons (Fsp3) is 0.846. The number of halogens is 2. The van der Waals surface area contributed by atoms with Gasteiger partial charge in [-0.15, -0.1) is 24.8 Å². The lowest BCUT2D eigenvalue weighted by Crippen LogP contribution is -2.48. The number of hydrogen-bond acceptors (Lipinski definition) is 4. The van der Waals surface area contributed by atoms with E-state index in [1.54, 1.807) is 0 Å². The summed E-state index contributed by atoms with van der Waals surface area (Å²) in [4.78, 5) is 27.5. The van der Waals surface area contributed by atoms with Gasteiger partial charge >= 0.3 is 0 Å². The molecule has 0 bridgehead atoms. The van der Waals surface area contributed by atoms with E-state index in [1.165, 1.54) is 0 Å². The van der Waals surface area contributed by atoms with Gasteiger partial charge in [0.15, 0.2) is 0 Å². The van der Waals surface area contributed by atoms with Crippen LogP contribution in [0.15, 0.2) is 0 Å². The number of piperazine rings is 1. The monoisotopic (exact) mass is 342 g/mol. The lowest BCUT2D eigenvalue weighted by molar-refractivity contribution is -0.132. The Labute approximate surface area is 139 Å². The van der Waals surface area contributed by atoms with Crippen LogP contribution in [0.3, 0.4) is 0 Å². The Morgan fingerprint density at radius 2 is 1.76 bits per heavy atom. The summed E-state index contributed by atoms with van der Waals surface area (Å²) in [6, 6.07) is -0.455. The lowest BCUT2D eigenvalue weighted by atomic mass is 10.1. The smallest absolute Gasteiger partial charge is 0.236 e. The van der Waals surface area contributed by atoms with Gasteiger partial charge in [0.1, 0.15) is 0 Å². The third kappa shape index (κ3) is 8.46. The summed E-state index contributed by atoms with van der Waals surface area (Å²) >= 11 is 0. The van der Waals surface area contributed by atoms with Crippen molar-refractivity contribution in [1.29, 1.82) is 0 Å². The van der Waals surface area contributed by atoms with Gasteiger partial charge in [-0.3, -0.25) is 9.59 Å². The molecule has 21 heavy (non-hydrogen) atoms. The molecule has 0 aromatic rings. The van der Waals surface area contributed by atoms with Gasteiger partial charge in [-0.1, -0.05) is 13.3 Å². The fourth-order valence-corrected chi connectivity index (χ4v) is 2.08. The first-order valence-electron chi connectivity index (χ1n) is 7.04. The summed E-state index contributed by atoms with van der Waals surface area (Å²) in [5.41, 5.74) is 5.69. The standard InChI is InChI=1S/C13H26N4O2.2ClH/c1-3-4-11(14)13(19)15-6-5-12(18)17-9-7-16(2)8-10-17;;/h11H,3-10,14H2,1-2H3,(H,15,19);2*1H. The Balaban J connectivity index is 0. The predicted molar refractivity (Wildman–Crippen MR) is 89.1 cm³/mol. The molecule has 126 valence electrons. The summed E-state index contributed by atoms with van der Waals surface area (Å²) in [5.74, 6) is -0.0505. The molecule has 0 saturated carbocycles. The van der Waals surface area contributed by atoms with E-state index in [4.69, 9.17) is 5.73 Å². The molecule has 0 aliphatic carbocycles. The van der Waals surface area contributed by atoms with Gasteiger partial charge in [-0.25, -0.2) is 0 Å². The molecule has 1 unspecified atom stereocenters. The molecule has 8 heteroatoms. The first-order valence-corrected chi connectivity index (χ1v) is 7.04. The number of carbonyl (C=O) groups is 2. The molecule has 1 fully saturated rings. The Morgan fingerprint density at radius 1 is 1.19 bits per heavy atom. The molecule has 0 aromatic carbocycles. The normalized spacial score (nSPS) is 16.4. The number of carbonyl (C=O) groups excluding carboxylic acids is 2. The van der Waals surface area contributed by atoms with Crippen molar-refractivity contribution in [2.45, 2.75) is 32.2 Å². The van der Waals surface area contributed by atoms with E-state index in [9.17, 15) is 9.59 Å². The average Bonchev–Trinajstić information content (AvgIpc) is 2.39. The van der Waals surface area contributed by atoms with Gasteiger partial charge in [0.25, 0.3) is 0 Å². The third-order valence-electron chi connectivity index (χ3n) is 3.43. The van der Waals surface area contributed by atoms with E-state index >= 15 is 0 Å². The highest BCUT2D eigenvalue weighted by molar-refractivity contribution is 5.85. The van der Waals surface area contributed by atoms with E-state index in [-0.39, 0.29) is 36.6 Å². The minimum Gasteiger partial charge on any atom is -0.354 e. The van der Waals surface area contributed by atoms with E-state index in [1.807, 2.05) is 11.8 Å². The molecule has 0 radical (unpaired) electrons. The fourth-order valence-electron chi connectivity index (χ4n) is 2.08. The molecule has 1 saturated heterocycles. The van der Waals surface area contributed by atoms with Crippen molar-refractivity contribution >= 4 is 36.6 Å². The third-order valence-corrected chi connectivity index (χ3v) is 3.43. The highest BCUT2D eigenvalue weighted by Crippen LogP contribution is 2.01. The summed E-state index contributed by atoms with van der Waals surface area (Å²) in [6.07, 6.45) is 1.92. The van der Waals surface area contributed by atoms with Crippen molar-refractivity contribution in [2.24, 2.45) is 5.73 Å². The number of nitrogens with zero attached hydrogens (tertiary/aromatic N) is 2. The van der Waals surface area contributed by atoms with Crippen LogP contribution >= 0.6 is 24.8 Å². The summed E-state index contributed by atoms with van der Waals surface area (Å²) < 4.78 is 0. The van der Waals surface area contributed by atoms with Gasteiger partial charge in [-0.05, 0) is 13.5 Å². The Kier molecular flexibility index (Phi) is 13.0. The lowest BCUT2D eigenvalue weighted by Gasteiger charge is -2.32. The molecule has 6 nitrogen and oxygen atoms in total. The van der Waals surface area contributed by atoms with Gasteiger partial charge in [0.2, 0.25) is 11.8 Å². The number of amides is 2. The molecular formula is C13H28Cl2N4O2. The van der Waals surface area contributed by atoms with E-state index < -0.39 is 6.04 Å². The van der Waals surface area contributed by atoms with Crippen molar-refractivity contribution in [2.75, 3.05) is 39.8 Å². The van der Waals surface area contributed by atoms with E-state index in [2.05, 4.69) is 17.3 Å². The molecule has 1 aliphatic rings. The summed E-state index contributed by atoms with van der Waals surface area (Å²) in [7, 11) is 2.05. The maximum Gasteiger partial charge on any atom is 0.236 e.